The predicted octanol–water partition coefficient (Wildman–Crippen LogP) is 1.90. The lowest BCUT2D eigenvalue weighted by atomic mass is 9.89. The number of rotatable bonds is 2. The van der Waals surface area contributed by atoms with Crippen molar-refractivity contribution < 1.29 is 0 Å². The first-order chi connectivity index (χ1) is 5.61. The maximum atomic E-state index is 8.74. The molecule has 0 aliphatic heterocycles. The lowest BCUT2D eigenvalue weighted by Crippen LogP contribution is -2.20. The summed E-state index contributed by atoms with van der Waals surface area (Å²) in [5, 5.41) is 8.74. The van der Waals surface area contributed by atoms with E-state index in [9.17, 15) is 0 Å². The third-order valence-electron chi connectivity index (χ3n) is 2.24. The fourth-order valence-corrected chi connectivity index (χ4v) is 1.04. The van der Waals surface area contributed by atoms with Gasteiger partial charge in [-0.15, -0.1) is 0 Å². The number of aromatic nitrogens is 2. The van der Waals surface area contributed by atoms with Crippen LogP contribution in [0.15, 0.2) is 12.4 Å². The zero-order chi connectivity index (χ0) is 9.19. The van der Waals surface area contributed by atoms with E-state index in [1.165, 1.54) is 4.57 Å². The van der Waals surface area contributed by atoms with Gasteiger partial charge in [-0.3, -0.25) is 0 Å². The molecular weight excluding hydrogens is 150 g/mol. The Morgan fingerprint density at radius 2 is 2.33 bits per heavy atom. The smallest absolute Gasteiger partial charge is 0.189 e. The predicted molar refractivity (Wildman–Crippen MR) is 46.6 cm³/mol. The maximum absolute atomic E-state index is 8.74. The zero-order valence-corrected chi connectivity index (χ0v) is 7.70. The van der Waals surface area contributed by atoms with E-state index >= 15 is 0 Å². The van der Waals surface area contributed by atoms with Crippen LogP contribution in [0, 0.1) is 11.5 Å². The highest BCUT2D eigenvalue weighted by atomic mass is 15.1. The van der Waals surface area contributed by atoms with Crippen molar-refractivity contribution in [1.82, 2.24) is 9.55 Å². The number of nitrogens with zero attached hydrogens (tertiary/aromatic N) is 3. The second-order valence-corrected chi connectivity index (χ2v) is 3.46. The molecule has 1 heterocycles. The Labute approximate surface area is 72.7 Å². The van der Waals surface area contributed by atoms with Gasteiger partial charge in [0, 0.05) is 17.8 Å². The van der Waals surface area contributed by atoms with Crippen LogP contribution in [-0.2, 0) is 5.41 Å². The van der Waals surface area contributed by atoms with Gasteiger partial charge in [-0.25, -0.2) is 9.55 Å². The molecule has 0 aromatic carbocycles. The van der Waals surface area contributed by atoms with Crippen LogP contribution in [0.2, 0.25) is 0 Å². The number of hydrogen-bond donors (Lipinski definition) is 0. The van der Waals surface area contributed by atoms with Crippen molar-refractivity contribution in [1.29, 1.82) is 5.26 Å². The van der Waals surface area contributed by atoms with Crippen molar-refractivity contribution in [3.63, 3.8) is 0 Å². The summed E-state index contributed by atoms with van der Waals surface area (Å²) in [5.41, 5.74) is -0.0147. The van der Waals surface area contributed by atoms with E-state index in [0.717, 1.165) is 12.2 Å². The molecule has 0 fully saturated rings. The van der Waals surface area contributed by atoms with Crippen LogP contribution >= 0.6 is 0 Å². The summed E-state index contributed by atoms with van der Waals surface area (Å²) in [5.74, 6) is 0.840. The molecule has 64 valence electrons. The van der Waals surface area contributed by atoms with E-state index in [-0.39, 0.29) is 5.41 Å². The van der Waals surface area contributed by atoms with E-state index in [2.05, 4.69) is 31.9 Å². The minimum Gasteiger partial charge on any atom is -0.240 e. The summed E-state index contributed by atoms with van der Waals surface area (Å²) in [7, 11) is 0. The van der Waals surface area contributed by atoms with Crippen molar-refractivity contribution >= 4 is 0 Å². The molecule has 3 heteroatoms. The first-order valence-corrected chi connectivity index (χ1v) is 4.05. The molecule has 1 rings (SSSR count). The number of imidazole rings is 1. The van der Waals surface area contributed by atoms with Crippen LogP contribution in [0.5, 0.6) is 0 Å². The monoisotopic (exact) mass is 163 g/mol. The third-order valence-corrected chi connectivity index (χ3v) is 2.24. The molecule has 0 aliphatic carbocycles. The average Bonchev–Trinajstić information content (AvgIpc) is 2.52. The maximum Gasteiger partial charge on any atom is 0.189 e. The van der Waals surface area contributed by atoms with Gasteiger partial charge >= 0.3 is 0 Å². The van der Waals surface area contributed by atoms with E-state index in [1.54, 1.807) is 12.4 Å². The van der Waals surface area contributed by atoms with Crippen LogP contribution in [-0.4, -0.2) is 9.55 Å². The van der Waals surface area contributed by atoms with Gasteiger partial charge in [0.1, 0.15) is 5.82 Å². The SMILES string of the molecule is CCC(C)(C)c1nccn1C#N. The van der Waals surface area contributed by atoms with E-state index in [1.807, 2.05) is 0 Å². The van der Waals surface area contributed by atoms with Crippen molar-refractivity contribution in [2.75, 3.05) is 0 Å². The molecule has 3 nitrogen and oxygen atoms in total. The minimum atomic E-state index is -0.0147. The first-order valence-electron chi connectivity index (χ1n) is 4.05. The van der Waals surface area contributed by atoms with E-state index in [0.29, 0.717) is 0 Å². The lowest BCUT2D eigenvalue weighted by Gasteiger charge is -2.20. The van der Waals surface area contributed by atoms with Gasteiger partial charge in [0.2, 0.25) is 0 Å². The summed E-state index contributed by atoms with van der Waals surface area (Å²) in [6.07, 6.45) is 6.40. The molecule has 0 atom stereocenters. The topological polar surface area (TPSA) is 41.6 Å². The molecule has 1 aromatic rings. The Morgan fingerprint density at radius 1 is 1.67 bits per heavy atom. The Bertz CT molecular complexity index is 304. The van der Waals surface area contributed by atoms with Crippen LogP contribution in [0.25, 0.3) is 0 Å². The second-order valence-electron chi connectivity index (χ2n) is 3.46. The van der Waals surface area contributed by atoms with Crippen molar-refractivity contribution in [3.8, 4) is 6.19 Å². The zero-order valence-electron chi connectivity index (χ0n) is 7.70. The van der Waals surface area contributed by atoms with E-state index in [4.69, 9.17) is 5.26 Å². The Hall–Kier alpha value is -1.30. The summed E-state index contributed by atoms with van der Waals surface area (Å²) in [6.45, 7) is 6.27. The van der Waals surface area contributed by atoms with Gasteiger partial charge in [-0.2, -0.15) is 5.26 Å². The largest absolute Gasteiger partial charge is 0.240 e. The number of nitriles is 1. The lowest BCUT2D eigenvalue weighted by molar-refractivity contribution is 0.467. The van der Waals surface area contributed by atoms with Crippen LogP contribution in [0.1, 0.15) is 33.0 Å². The Morgan fingerprint density at radius 3 is 2.83 bits per heavy atom. The second kappa shape index (κ2) is 2.98. The number of hydrogen-bond acceptors (Lipinski definition) is 2. The summed E-state index contributed by atoms with van der Waals surface area (Å²) in [4.78, 5) is 4.17. The summed E-state index contributed by atoms with van der Waals surface area (Å²) in [6, 6.07) is 0. The Balaban J connectivity index is 3.11. The van der Waals surface area contributed by atoms with Crippen LogP contribution < -0.4 is 0 Å². The first kappa shape index (κ1) is 8.79. The van der Waals surface area contributed by atoms with Gasteiger partial charge in [-0.1, -0.05) is 20.8 Å². The normalized spacial score (nSPS) is 11.2. The molecular formula is C9H13N3. The quantitative estimate of drug-likeness (QED) is 0.668. The fourth-order valence-electron chi connectivity index (χ4n) is 1.04. The molecule has 0 aliphatic rings. The minimum absolute atomic E-state index is 0.0147. The summed E-state index contributed by atoms with van der Waals surface area (Å²) < 4.78 is 1.52. The van der Waals surface area contributed by atoms with Gasteiger partial charge in [0.15, 0.2) is 6.19 Å². The molecule has 1 aromatic heterocycles. The molecule has 0 bridgehead atoms. The highest BCUT2D eigenvalue weighted by Crippen LogP contribution is 2.24. The van der Waals surface area contributed by atoms with Gasteiger partial charge in [0.25, 0.3) is 0 Å². The summed E-state index contributed by atoms with van der Waals surface area (Å²) >= 11 is 0. The van der Waals surface area contributed by atoms with Gasteiger partial charge < -0.3 is 0 Å². The molecule has 0 radical (unpaired) electrons. The molecule has 0 saturated carbocycles. The molecule has 0 N–H and O–H groups in total. The van der Waals surface area contributed by atoms with Gasteiger partial charge in [0.05, 0.1) is 0 Å². The average molecular weight is 163 g/mol. The van der Waals surface area contributed by atoms with Crippen LogP contribution in [0.4, 0.5) is 0 Å². The highest BCUT2D eigenvalue weighted by molar-refractivity contribution is 5.10. The van der Waals surface area contributed by atoms with Crippen LogP contribution in [0.3, 0.4) is 0 Å². The molecule has 0 saturated heterocycles. The fraction of sp³-hybridized carbons (Fsp3) is 0.556. The van der Waals surface area contributed by atoms with Crippen molar-refractivity contribution in [2.24, 2.45) is 0 Å². The molecule has 0 unspecified atom stereocenters. The highest BCUT2D eigenvalue weighted by Gasteiger charge is 2.23. The van der Waals surface area contributed by atoms with Crippen molar-refractivity contribution in [2.45, 2.75) is 32.6 Å². The molecule has 12 heavy (non-hydrogen) atoms. The van der Waals surface area contributed by atoms with Gasteiger partial charge in [-0.05, 0) is 6.42 Å². The Kier molecular flexibility index (Phi) is 2.18. The third kappa shape index (κ3) is 1.33. The molecule has 0 spiro atoms. The standard InChI is InChI=1S/C9H13N3/c1-4-9(2,3)8-11-5-6-12(8)7-10/h5-6H,4H2,1-3H3. The molecule has 0 amide bonds. The van der Waals surface area contributed by atoms with Crippen molar-refractivity contribution in [3.05, 3.63) is 18.2 Å². The van der Waals surface area contributed by atoms with E-state index < -0.39 is 0 Å².